The summed E-state index contributed by atoms with van der Waals surface area (Å²) in [6.45, 7) is 2.77. The van der Waals surface area contributed by atoms with Gasteiger partial charge in [0.15, 0.2) is 0 Å². The zero-order chi connectivity index (χ0) is 22.9. The van der Waals surface area contributed by atoms with Crippen molar-refractivity contribution in [2.45, 2.75) is 24.8 Å². The molecule has 3 aromatic rings. The molecule has 0 saturated heterocycles. The van der Waals surface area contributed by atoms with Crippen molar-refractivity contribution >= 4 is 44.2 Å². The van der Waals surface area contributed by atoms with Crippen molar-refractivity contribution < 1.29 is 18.0 Å². The molecule has 2 aromatic carbocycles. The average Bonchev–Trinajstić information content (AvgIpc) is 2.91. The van der Waals surface area contributed by atoms with E-state index in [2.05, 4.69) is 15.4 Å². The first kappa shape index (κ1) is 22.2. The highest BCUT2D eigenvalue weighted by molar-refractivity contribution is 7.89. The number of nitrogens with one attached hydrogen (secondary N) is 3. The van der Waals surface area contributed by atoms with Gasteiger partial charge in [-0.25, -0.2) is 13.2 Å². The molecule has 0 aliphatic heterocycles. The Morgan fingerprint density at radius 3 is 2.10 bits per heavy atom. The fraction of sp³-hybridized carbons (Fsp3) is 0.250. The van der Waals surface area contributed by atoms with E-state index < -0.39 is 22.0 Å². The van der Waals surface area contributed by atoms with Crippen LogP contribution >= 0.6 is 0 Å². The molecule has 1 heterocycles. The maximum absolute atomic E-state index is 12.6. The van der Waals surface area contributed by atoms with Crippen LogP contribution in [0.25, 0.3) is 11.0 Å². The molecule has 0 aliphatic carbocycles. The Kier molecular flexibility index (Phi) is 6.00. The van der Waals surface area contributed by atoms with E-state index in [9.17, 15) is 22.8 Å². The van der Waals surface area contributed by atoms with E-state index >= 15 is 0 Å². The number of hydrogen-bond donors (Lipinski definition) is 3. The minimum absolute atomic E-state index is 0.0399. The van der Waals surface area contributed by atoms with Gasteiger partial charge in [-0.1, -0.05) is 0 Å². The number of benzene rings is 2. The molecule has 1 atom stereocenters. The molecule has 2 amide bonds. The van der Waals surface area contributed by atoms with Gasteiger partial charge in [0.2, 0.25) is 21.8 Å². The molecular weight excluding hydrogens is 422 g/mol. The number of aryl methyl sites for hydroxylation is 2. The molecule has 0 aliphatic rings. The standard InChI is InChI=1S/C20H23N5O5S/c1-12(23-31(29,30)16-8-5-14(6-9-16)21-13(2)26)19(27)22-15-7-10-17-18(11-15)25(4)20(28)24(17)3/h5-12,23H,1-4H3,(H,21,26)(H,22,27)/t12-/m0/s1. The molecule has 0 radical (unpaired) electrons. The summed E-state index contributed by atoms with van der Waals surface area (Å²) in [4.78, 5) is 35.6. The maximum Gasteiger partial charge on any atom is 0.328 e. The van der Waals surface area contributed by atoms with E-state index in [1.165, 1.54) is 47.2 Å². The molecule has 0 saturated carbocycles. The van der Waals surface area contributed by atoms with Crippen LogP contribution in [0.5, 0.6) is 0 Å². The minimum Gasteiger partial charge on any atom is -0.326 e. The lowest BCUT2D eigenvalue weighted by atomic mass is 10.2. The van der Waals surface area contributed by atoms with Crippen molar-refractivity contribution in [2.24, 2.45) is 14.1 Å². The van der Waals surface area contributed by atoms with Gasteiger partial charge in [0.05, 0.1) is 22.0 Å². The van der Waals surface area contributed by atoms with E-state index in [-0.39, 0.29) is 16.5 Å². The first-order valence-corrected chi connectivity index (χ1v) is 10.8. The van der Waals surface area contributed by atoms with Gasteiger partial charge in [0.1, 0.15) is 0 Å². The van der Waals surface area contributed by atoms with Crippen LogP contribution in [0.3, 0.4) is 0 Å². The van der Waals surface area contributed by atoms with Gasteiger partial charge >= 0.3 is 5.69 Å². The van der Waals surface area contributed by atoms with E-state index in [1.54, 1.807) is 32.3 Å². The topological polar surface area (TPSA) is 131 Å². The number of rotatable bonds is 6. The number of carbonyl (C=O) groups is 2. The molecule has 0 fully saturated rings. The highest BCUT2D eigenvalue weighted by Crippen LogP contribution is 2.18. The lowest BCUT2D eigenvalue weighted by Crippen LogP contribution is -2.41. The predicted octanol–water partition coefficient (Wildman–Crippen LogP) is 1.14. The van der Waals surface area contributed by atoms with Crippen LogP contribution in [0.15, 0.2) is 52.2 Å². The Bertz CT molecular complexity index is 1320. The second kappa shape index (κ2) is 8.36. The molecule has 10 nitrogen and oxygen atoms in total. The number of anilines is 2. The van der Waals surface area contributed by atoms with Crippen LogP contribution in [-0.4, -0.2) is 35.4 Å². The molecule has 0 bridgehead atoms. The lowest BCUT2D eigenvalue weighted by Gasteiger charge is -2.15. The Labute approximate surface area is 178 Å². The maximum atomic E-state index is 12.6. The number of imidazole rings is 1. The summed E-state index contributed by atoms with van der Waals surface area (Å²) in [7, 11) is -0.674. The predicted molar refractivity (Wildman–Crippen MR) is 117 cm³/mol. The zero-order valence-electron chi connectivity index (χ0n) is 17.5. The van der Waals surface area contributed by atoms with Gasteiger partial charge in [0.25, 0.3) is 0 Å². The largest absolute Gasteiger partial charge is 0.328 e. The third-order valence-corrected chi connectivity index (χ3v) is 6.31. The summed E-state index contributed by atoms with van der Waals surface area (Å²) in [5.74, 6) is -0.827. The van der Waals surface area contributed by atoms with Crippen LogP contribution in [-0.2, 0) is 33.7 Å². The normalized spacial score (nSPS) is 12.5. The molecule has 0 spiro atoms. The monoisotopic (exact) mass is 445 g/mol. The Morgan fingerprint density at radius 1 is 0.903 bits per heavy atom. The molecule has 3 N–H and O–H groups in total. The summed E-state index contributed by atoms with van der Waals surface area (Å²) in [5.41, 5.74) is 2.05. The van der Waals surface area contributed by atoms with Crippen molar-refractivity contribution in [3.8, 4) is 0 Å². The van der Waals surface area contributed by atoms with E-state index in [1.807, 2.05) is 0 Å². The number of nitrogens with zero attached hydrogens (tertiary/aromatic N) is 2. The summed E-state index contributed by atoms with van der Waals surface area (Å²) in [6, 6.07) is 9.52. The molecule has 11 heteroatoms. The number of carbonyl (C=O) groups excluding carboxylic acids is 2. The minimum atomic E-state index is -3.96. The van der Waals surface area contributed by atoms with E-state index in [0.29, 0.717) is 22.4 Å². The molecule has 164 valence electrons. The summed E-state index contributed by atoms with van der Waals surface area (Å²) < 4.78 is 30.4. The Balaban J connectivity index is 1.72. The highest BCUT2D eigenvalue weighted by atomic mass is 32.2. The molecular formula is C20H23N5O5S. The van der Waals surface area contributed by atoms with Gasteiger partial charge in [-0.2, -0.15) is 4.72 Å². The van der Waals surface area contributed by atoms with Crippen LogP contribution in [0, 0.1) is 0 Å². The van der Waals surface area contributed by atoms with E-state index in [0.717, 1.165) is 0 Å². The van der Waals surface area contributed by atoms with Gasteiger partial charge in [-0.3, -0.25) is 18.7 Å². The van der Waals surface area contributed by atoms with Gasteiger partial charge in [-0.05, 0) is 49.4 Å². The van der Waals surface area contributed by atoms with Crippen LogP contribution in [0.1, 0.15) is 13.8 Å². The van der Waals surface area contributed by atoms with Gasteiger partial charge < -0.3 is 10.6 Å². The van der Waals surface area contributed by atoms with Crippen LogP contribution in [0.4, 0.5) is 11.4 Å². The van der Waals surface area contributed by atoms with Crippen LogP contribution < -0.4 is 21.0 Å². The molecule has 31 heavy (non-hydrogen) atoms. The first-order chi connectivity index (χ1) is 14.5. The lowest BCUT2D eigenvalue weighted by molar-refractivity contribution is -0.117. The third kappa shape index (κ3) is 4.67. The summed E-state index contributed by atoms with van der Waals surface area (Å²) in [5, 5.41) is 5.21. The molecule has 0 unspecified atom stereocenters. The number of sulfonamides is 1. The Hall–Kier alpha value is -3.44. The van der Waals surface area contributed by atoms with Gasteiger partial charge in [-0.15, -0.1) is 0 Å². The van der Waals surface area contributed by atoms with Crippen molar-refractivity contribution in [3.63, 3.8) is 0 Å². The average molecular weight is 446 g/mol. The summed E-state index contributed by atoms with van der Waals surface area (Å²) >= 11 is 0. The van der Waals surface area contributed by atoms with Crippen molar-refractivity contribution in [1.29, 1.82) is 0 Å². The first-order valence-electron chi connectivity index (χ1n) is 9.36. The zero-order valence-corrected chi connectivity index (χ0v) is 18.3. The van der Waals surface area contributed by atoms with Crippen molar-refractivity contribution in [1.82, 2.24) is 13.9 Å². The number of aromatic nitrogens is 2. The third-order valence-electron chi connectivity index (χ3n) is 4.75. The number of fused-ring (bicyclic) bond motifs is 1. The summed E-state index contributed by atoms with van der Waals surface area (Å²) in [6.07, 6.45) is 0. The highest BCUT2D eigenvalue weighted by Gasteiger charge is 2.22. The van der Waals surface area contributed by atoms with E-state index in [4.69, 9.17) is 0 Å². The molecule has 1 aromatic heterocycles. The fourth-order valence-electron chi connectivity index (χ4n) is 3.11. The Morgan fingerprint density at radius 2 is 1.48 bits per heavy atom. The SMILES string of the molecule is CC(=O)Nc1ccc(S(=O)(=O)N[C@@H](C)C(=O)Nc2ccc3c(c2)n(C)c(=O)n3C)cc1. The fourth-order valence-corrected chi connectivity index (χ4v) is 4.31. The quantitative estimate of drug-likeness (QED) is 0.524. The van der Waals surface area contributed by atoms with Gasteiger partial charge in [0, 0.05) is 32.4 Å². The van der Waals surface area contributed by atoms with Crippen molar-refractivity contribution in [3.05, 3.63) is 52.9 Å². The second-order valence-corrected chi connectivity index (χ2v) is 8.86. The van der Waals surface area contributed by atoms with Crippen molar-refractivity contribution in [2.75, 3.05) is 10.6 Å². The smallest absolute Gasteiger partial charge is 0.326 e. The number of hydrogen-bond acceptors (Lipinski definition) is 5. The van der Waals surface area contributed by atoms with Crippen LogP contribution in [0.2, 0.25) is 0 Å². The second-order valence-electron chi connectivity index (χ2n) is 7.14. The molecule has 3 rings (SSSR count). The number of amides is 2.